The molecule has 1 unspecified atom stereocenters. The van der Waals surface area contributed by atoms with Crippen LogP contribution in [0.15, 0.2) is 42.5 Å². The zero-order chi connectivity index (χ0) is 15.4. The minimum absolute atomic E-state index is 0.0648. The monoisotopic (exact) mass is 283 g/mol. The highest BCUT2D eigenvalue weighted by Crippen LogP contribution is 2.19. The van der Waals surface area contributed by atoms with Crippen molar-refractivity contribution in [2.45, 2.75) is 26.8 Å². The van der Waals surface area contributed by atoms with Gasteiger partial charge in [-0.15, -0.1) is 0 Å². The number of hydrogen-bond acceptors (Lipinski definition) is 3. The van der Waals surface area contributed by atoms with Crippen molar-refractivity contribution in [1.29, 1.82) is 0 Å². The average molecular weight is 283 g/mol. The number of nitrogens with two attached hydrogens (primary N) is 1. The molecule has 0 aliphatic rings. The van der Waals surface area contributed by atoms with Crippen molar-refractivity contribution in [3.63, 3.8) is 0 Å². The number of amides is 1. The fourth-order valence-corrected chi connectivity index (χ4v) is 2.19. The van der Waals surface area contributed by atoms with E-state index in [-0.39, 0.29) is 11.9 Å². The highest BCUT2D eigenvalue weighted by molar-refractivity contribution is 5.99. The van der Waals surface area contributed by atoms with Crippen molar-refractivity contribution in [3.8, 4) is 0 Å². The maximum Gasteiger partial charge on any atom is 0.253 e. The summed E-state index contributed by atoms with van der Waals surface area (Å²) in [4.78, 5) is 12.4. The van der Waals surface area contributed by atoms with Crippen LogP contribution in [-0.2, 0) is 0 Å². The van der Waals surface area contributed by atoms with E-state index in [1.54, 1.807) is 6.07 Å². The minimum Gasteiger partial charge on any atom is -0.345 e. The largest absolute Gasteiger partial charge is 0.345 e. The molecule has 0 bridgehead atoms. The number of benzene rings is 2. The summed E-state index contributed by atoms with van der Waals surface area (Å²) in [5, 5.41) is 2.99. The first-order chi connectivity index (χ1) is 10.0. The van der Waals surface area contributed by atoms with Crippen LogP contribution < -0.4 is 16.6 Å². The molecule has 4 nitrogen and oxygen atoms in total. The highest BCUT2D eigenvalue weighted by Gasteiger charge is 2.14. The van der Waals surface area contributed by atoms with Crippen LogP contribution in [-0.4, -0.2) is 5.91 Å². The Labute approximate surface area is 125 Å². The van der Waals surface area contributed by atoms with Crippen LogP contribution in [0.3, 0.4) is 0 Å². The van der Waals surface area contributed by atoms with Crippen molar-refractivity contribution < 1.29 is 4.79 Å². The average Bonchev–Trinajstić information content (AvgIpc) is 2.47. The second-order valence-electron chi connectivity index (χ2n) is 5.30. The molecule has 110 valence electrons. The molecular formula is C17H21N3O. The van der Waals surface area contributed by atoms with E-state index in [1.165, 1.54) is 5.56 Å². The molecule has 2 aromatic rings. The van der Waals surface area contributed by atoms with Crippen molar-refractivity contribution in [2.24, 2.45) is 5.84 Å². The van der Waals surface area contributed by atoms with Crippen molar-refractivity contribution in [1.82, 2.24) is 5.32 Å². The van der Waals surface area contributed by atoms with Gasteiger partial charge >= 0.3 is 0 Å². The number of aryl methyl sites for hydroxylation is 2. The van der Waals surface area contributed by atoms with Crippen LogP contribution in [0.5, 0.6) is 0 Å². The maximum absolute atomic E-state index is 12.4. The predicted octanol–water partition coefficient (Wildman–Crippen LogP) is 3.08. The lowest BCUT2D eigenvalue weighted by Crippen LogP contribution is -2.28. The van der Waals surface area contributed by atoms with Gasteiger partial charge in [0.25, 0.3) is 5.91 Å². The Balaban J connectivity index is 2.16. The zero-order valence-electron chi connectivity index (χ0n) is 12.6. The quantitative estimate of drug-likeness (QED) is 0.596. The van der Waals surface area contributed by atoms with E-state index in [4.69, 9.17) is 5.84 Å². The van der Waals surface area contributed by atoms with Crippen LogP contribution in [0.1, 0.15) is 40.0 Å². The first-order valence-electron chi connectivity index (χ1n) is 6.96. The third-order valence-corrected chi connectivity index (χ3v) is 3.50. The molecule has 0 spiro atoms. The zero-order valence-corrected chi connectivity index (χ0v) is 12.6. The molecule has 0 aliphatic carbocycles. The first-order valence-corrected chi connectivity index (χ1v) is 6.96. The SMILES string of the molecule is Cc1ccc(C(C)NC(=O)c2ccc(C)cc2NN)cc1. The Hall–Kier alpha value is -2.33. The van der Waals surface area contributed by atoms with Crippen LogP contribution in [0.25, 0.3) is 0 Å². The topological polar surface area (TPSA) is 67.2 Å². The lowest BCUT2D eigenvalue weighted by molar-refractivity contribution is 0.0940. The van der Waals surface area contributed by atoms with E-state index in [9.17, 15) is 4.79 Å². The number of hydrogen-bond donors (Lipinski definition) is 3. The van der Waals surface area contributed by atoms with Gasteiger partial charge in [0.05, 0.1) is 17.3 Å². The maximum atomic E-state index is 12.4. The molecule has 1 amide bonds. The standard InChI is InChI=1S/C17H21N3O/c1-11-4-7-14(8-5-11)13(3)19-17(21)15-9-6-12(2)10-16(15)20-18/h4-10,13,20H,18H2,1-3H3,(H,19,21). The van der Waals surface area contributed by atoms with Crippen LogP contribution in [0.4, 0.5) is 5.69 Å². The summed E-state index contributed by atoms with van der Waals surface area (Å²) >= 11 is 0. The van der Waals surface area contributed by atoms with Gasteiger partial charge in [-0.1, -0.05) is 35.9 Å². The van der Waals surface area contributed by atoms with Gasteiger partial charge in [-0.05, 0) is 44.0 Å². The summed E-state index contributed by atoms with van der Waals surface area (Å²) < 4.78 is 0. The van der Waals surface area contributed by atoms with Gasteiger partial charge in [0.15, 0.2) is 0 Å². The third kappa shape index (κ3) is 3.61. The molecule has 0 radical (unpaired) electrons. The van der Waals surface area contributed by atoms with Gasteiger partial charge in [-0.2, -0.15) is 0 Å². The second-order valence-corrected chi connectivity index (χ2v) is 5.30. The fourth-order valence-electron chi connectivity index (χ4n) is 2.19. The summed E-state index contributed by atoms with van der Waals surface area (Å²) in [6.07, 6.45) is 0. The lowest BCUT2D eigenvalue weighted by atomic mass is 10.1. The Kier molecular flexibility index (Phi) is 4.60. The molecule has 2 rings (SSSR count). The molecule has 0 fully saturated rings. The van der Waals surface area contributed by atoms with E-state index < -0.39 is 0 Å². The highest BCUT2D eigenvalue weighted by atomic mass is 16.1. The van der Waals surface area contributed by atoms with E-state index in [1.807, 2.05) is 57.2 Å². The molecule has 21 heavy (non-hydrogen) atoms. The number of carbonyl (C=O) groups is 1. The fraction of sp³-hybridized carbons (Fsp3) is 0.235. The minimum atomic E-state index is -0.143. The van der Waals surface area contributed by atoms with Gasteiger partial charge in [-0.3, -0.25) is 10.6 Å². The molecule has 0 heterocycles. The number of nitrogens with one attached hydrogen (secondary N) is 2. The molecular weight excluding hydrogens is 262 g/mol. The number of carbonyl (C=O) groups excluding carboxylic acids is 1. The Morgan fingerprint density at radius 1 is 1.05 bits per heavy atom. The Morgan fingerprint density at radius 3 is 2.29 bits per heavy atom. The third-order valence-electron chi connectivity index (χ3n) is 3.50. The molecule has 2 aromatic carbocycles. The van der Waals surface area contributed by atoms with Gasteiger partial charge in [-0.25, -0.2) is 0 Å². The number of rotatable bonds is 4. The van der Waals surface area contributed by atoms with Gasteiger partial charge in [0, 0.05) is 0 Å². The lowest BCUT2D eigenvalue weighted by Gasteiger charge is -2.16. The van der Waals surface area contributed by atoms with Crippen molar-refractivity contribution >= 4 is 11.6 Å². The van der Waals surface area contributed by atoms with Gasteiger partial charge in [0.1, 0.15) is 0 Å². The second kappa shape index (κ2) is 6.41. The smallest absolute Gasteiger partial charge is 0.253 e. The van der Waals surface area contributed by atoms with Crippen molar-refractivity contribution in [2.75, 3.05) is 5.43 Å². The Morgan fingerprint density at radius 2 is 1.67 bits per heavy atom. The van der Waals surface area contributed by atoms with Gasteiger partial charge in [0.2, 0.25) is 0 Å². The van der Waals surface area contributed by atoms with E-state index in [2.05, 4.69) is 10.7 Å². The molecule has 1 atom stereocenters. The summed E-state index contributed by atoms with van der Waals surface area (Å²) in [5.74, 6) is 5.34. The number of anilines is 1. The summed E-state index contributed by atoms with van der Waals surface area (Å²) in [6.45, 7) is 5.96. The molecule has 0 saturated carbocycles. The Bertz CT molecular complexity index is 635. The van der Waals surface area contributed by atoms with Crippen LogP contribution in [0, 0.1) is 13.8 Å². The van der Waals surface area contributed by atoms with E-state index in [0.717, 1.165) is 11.1 Å². The number of hydrazine groups is 1. The summed E-state index contributed by atoms with van der Waals surface area (Å²) in [6, 6.07) is 13.6. The van der Waals surface area contributed by atoms with Crippen LogP contribution >= 0.6 is 0 Å². The van der Waals surface area contributed by atoms with Crippen LogP contribution in [0.2, 0.25) is 0 Å². The number of nitrogen functional groups attached to an aromatic ring is 1. The summed E-state index contributed by atoms with van der Waals surface area (Å²) in [5.41, 5.74) is 7.07. The molecule has 0 aromatic heterocycles. The molecule has 0 aliphatic heterocycles. The summed E-state index contributed by atoms with van der Waals surface area (Å²) in [7, 11) is 0. The first kappa shape index (κ1) is 15.1. The molecule has 0 saturated heterocycles. The normalized spacial score (nSPS) is 11.8. The molecule has 4 heteroatoms. The predicted molar refractivity (Wildman–Crippen MR) is 86.0 cm³/mol. The van der Waals surface area contributed by atoms with E-state index >= 15 is 0 Å². The van der Waals surface area contributed by atoms with E-state index in [0.29, 0.717) is 11.3 Å². The van der Waals surface area contributed by atoms with Gasteiger partial charge < -0.3 is 10.7 Å². The molecule has 4 N–H and O–H groups in total. The van der Waals surface area contributed by atoms with Crippen molar-refractivity contribution in [3.05, 3.63) is 64.7 Å².